The molecule has 0 bridgehead atoms. The fourth-order valence-electron chi connectivity index (χ4n) is 3.07. The Kier molecular flexibility index (Phi) is 5.10. The lowest BCUT2D eigenvalue weighted by molar-refractivity contribution is -0.384. The van der Waals surface area contributed by atoms with Gasteiger partial charge in [-0.3, -0.25) is 19.8 Å². The molecule has 132 valence electrons. The summed E-state index contributed by atoms with van der Waals surface area (Å²) in [5.41, 5.74) is 1.63. The minimum atomic E-state index is -0.743. The van der Waals surface area contributed by atoms with Crippen LogP contribution >= 0.6 is 11.3 Å². The number of carboxylic acids is 1. The number of piperidine rings is 1. The fraction of sp³-hybridized carbons (Fsp3) is 0.412. The summed E-state index contributed by atoms with van der Waals surface area (Å²) in [5.74, 6) is -1.07. The van der Waals surface area contributed by atoms with Crippen molar-refractivity contribution in [2.75, 3.05) is 6.54 Å². The first kappa shape index (κ1) is 17.5. The summed E-state index contributed by atoms with van der Waals surface area (Å²) in [6.07, 6.45) is 1.57. The second-order valence-electron chi connectivity index (χ2n) is 6.34. The molecule has 2 heterocycles. The molecule has 2 aromatic rings. The molecule has 0 amide bonds. The molecule has 7 nitrogen and oxygen atoms in total. The van der Waals surface area contributed by atoms with E-state index >= 15 is 0 Å². The van der Waals surface area contributed by atoms with E-state index in [1.807, 2.05) is 5.38 Å². The van der Waals surface area contributed by atoms with Gasteiger partial charge in [0.25, 0.3) is 5.69 Å². The molecule has 3 rings (SSSR count). The lowest BCUT2D eigenvalue weighted by Crippen LogP contribution is -2.43. The monoisotopic (exact) mass is 361 g/mol. The molecule has 2 unspecified atom stereocenters. The first-order valence-electron chi connectivity index (χ1n) is 8.10. The van der Waals surface area contributed by atoms with Crippen LogP contribution in [-0.2, 0) is 11.3 Å². The van der Waals surface area contributed by atoms with Gasteiger partial charge in [0.05, 0.1) is 16.5 Å². The van der Waals surface area contributed by atoms with Gasteiger partial charge in [-0.1, -0.05) is 12.1 Å². The fourth-order valence-corrected chi connectivity index (χ4v) is 3.88. The lowest BCUT2D eigenvalue weighted by atomic mass is 9.93. The zero-order valence-electron chi connectivity index (χ0n) is 13.8. The number of rotatable bonds is 5. The van der Waals surface area contributed by atoms with Gasteiger partial charge >= 0.3 is 5.97 Å². The van der Waals surface area contributed by atoms with Crippen molar-refractivity contribution in [1.29, 1.82) is 0 Å². The van der Waals surface area contributed by atoms with Crippen molar-refractivity contribution in [3.8, 4) is 10.6 Å². The van der Waals surface area contributed by atoms with Crippen LogP contribution in [0.5, 0.6) is 0 Å². The predicted octanol–water partition coefficient (Wildman–Crippen LogP) is 3.40. The normalized spacial score (nSPS) is 21.2. The van der Waals surface area contributed by atoms with E-state index in [1.165, 1.54) is 23.5 Å². The van der Waals surface area contributed by atoms with E-state index in [0.29, 0.717) is 25.6 Å². The van der Waals surface area contributed by atoms with Gasteiger partial charge in [-0.25, -0.2) is 4.98 Å². The Morgan fingerprint density at radius 2 is 2.28 bits per heavy atom. The predicted molar refractivity (Wildman–Crippen MR) is 94.4 cm³/mol. The van der Waals surface area contributed by atoms with Crippen molar-refractivity contribution in [3.05, 3.63) is 45.5 Å². The molecule has 2 atom stereocenters. The first-order chi connectivity index (χ1) is 11.9. The molecule has 1 fully saturated rings. The number of nitro benzene ring substituents is 1. The summed E-state index contributed by atoms with van der Waals surface area (Å²) in [6.45, 7) is 3.22. The van der Waals surface area contributed by atoms with Crippen molar-refractivity contribution in [3.63, 3.8) is 0 Å². The van der Waals surface area contributed by atoms with E-state index in [0.717, 1.165) is 22.7 Å². The highest BCUT2D eigenvalue weighted by molar-refractivity contribution is 7.13. The number of aromatic nitrogens is 1. The van der Waals surface area contributed by atoms with Gasteiger partial charge in [-0.15, -0.1) is 11.3 Å². The number of nitrogens with zero attached hydrogens (tertiary/aromatic N) is 3. The van der Waals surface area contributed by atoms with Crippen molar-refractivity contribution in [2.45, 2.75) is 32.4 Å². The van der Waals surface area contributed by atoms with Gasteiger partial charge < -0.3 is 5.11 Å². The summed E-state index contributed by atoms with van der Waals surface area (Å²) in [5, 5.41) is 22.8. The van der Waals surface area contributed by atoms with E-state index in [9.17, 15) is 20.0 Å². The van der Waals surface area contributed by atoms with Crippen molar-refractivity contribution in [2.24, 2.45) is 5.92 Å². The highest BCUT2D eigenvalue weighted by Crippen LogP contribution is 2.29. The highest BCUT2D eigenvalue weighted by atomic mass is 32.1. The second kappa shape index (κ2) is 7.28. The topological polar surface area (TPSA) is 96.6 Å². The quantitative estimate of drug-likeness (QED) is 0.647. The van der Waals surface area contributed by atoms with Gasteiger partial charge in [0, 0.05) is 42.2 Å². The van der Waals surface area contributed by atoms with E-state index in [1.54, 1.807) is 12.1 Å². The molecule has 1 aliphatic heterocycles. The molecule has 1 aliphatic rings. The largest absolute Gasteiger partial charge is 0.481 e. The number of thiazole rings is 1. The van der Waals surface area contributed by atoms with Gasteiger partial charge in [-0.05, 0) is 19.8 Å². The van der Waals surface area contributed by atoms with Crippen LogP contribution in [0.4, 0.5) is 5.69 Å². The average Bonchev–Trinajstić information content (AvgIpc) is 3.05. The van der Waals surface area contributed by atoms with Crippen LogP contribution in [0.1, 0.15) is 25.5 Å². The maximum atomic E-state index is 11.2. The summed E-state index contributed by atoms with van der Waals surface area (Å²) in [7, 11) is 0. The van der Waals surface area contributed by atoms with E-state index < -0.39 is 10.9 Å². The molecular formula is C17H19N3O4S. The SMILES string of the molecule is CC1CCC(C(=O)O)CN1Cc1csc(-c2cccc([N+](=O)[O-])c2)n1. The molecule has 1 aromatic carbocycles. The molecule has 8 heteroatoms. The summed E-state index contributed by atoms with van der Waals surface area (Å²) in [4.78, 5) is 28.5. The summed E-state index contributed by atoms with van der Waals surface area (Å²) in [6, 6.07) is 6.75. The molecule has 1 N–H and O–H groups in total. The third-order valence-electron chi connectivity index (χ3n) is 4.58. The number of benzene rings is 1. The third kappa shape index (κ3) is 4.02. The van der Waals surface area contributed by atoms with Gasteiger partial charge in [0.15, 0.2) is 0 Å². The van der Waals surface area contributed by atoms with Gasteiger partial charge in [0.1, 0.15) is 5.01 Å². The summed E-state index contributed by atoms with van der Waals surface area (Å²) < 4.78 is 0. The molecule has 0 spiro atoms. The smallest absolute Gasteiger partial charge is 0.307 e. The first-order valence-corrected chi connectivity index (χ1v) is 8.98. The molecule has 0 radical (unpaired) electrons. The van der Waals surface area contributed by atoms with Crippen molar-refractivity contribution in [1.82, 2.24) is 9.88 Å². The van der Waals surface area contributed by atoms with E-state index in [4.69, 9.17) is 0 Å². The summed E-state index contributed by atoms with van der Waals surface area (Å²) >= 11 is 1.44. The number of aliphatic carboxylic acids is 1. The van der Waals surface area contributed by atoms with Crippen LogP contribution in [0.2, 0.25) is 0 Å². The Balaban J connectivity index is 1.74. The standard InChI is InChI=1S/C17H19N3O4S/c1-11-5-6-13(17(21)22)8-19(11)9-14-10-25-16(18-14)12-3-2-4-15(7-12)20(23)24/h2-4,7,10-11,13H,5-6,8-9H2,1H3,(H,21,22). The highest BCUT2D eigenvalue weighted by Gasteiger charge is 2.30. The Morgan fingerprint density at radius 1 is 1.48 bits per heavy atom. The van der Waals surface area contributed by atoms with Crippen molar-refractivity contribution >= 4 is 23.0 Å². The molecule has 25 heavy (non-hydrogen) atoms. The second-order valence-corrected chi connectivity index (χ2v) is 7.20. The van der Waals surface area contributed by atoms with Crippen molar-refractivity contribution < 1.29 is 14.8 Å². The lowest BCUT2D eigenvalue weighted by Gasteiger charge is -2.35. The zero-order chi connectivity index (χ0) is 18.0. The molecular weight excluding hydrogens is 342 g/mol. The number of non-ortho nitro benzene ring substituents is 1. The minimum Gasteiger partial charge on any atom is -0.481 e. The average molecular weight is 361 g/mol. The Morgan fingerprint density at radius 3 is 3.00 bits per heavy atom. The Bertz CT molecular complexity index is 792. The van der Waals surface area contributed by atoms with Crippen LogP contribution in [0.3, 0.4) is 0 Å². The van der Waals surface area contributed by atoms with Crippen LogP contribution < -0.4 is 0 Å². The van der Waals surface area contributed by atoms with Crippen LogP contribution in [0, 0.1) is 16.0 Å². The van der Waals surface area contributed by atoms with Crippen LogP contribution in [0.25, 0.3) is 10.6 Å². The Labute approximate surface area is 149 Å². The number of likely N-dealkylation sites (tertiary alicyclic amines) is 1. The number of nitro groups is 1. The zero-order valence-corrected chi connectivity index (χ0v) is 14.6. The molecule has 1 aromatic heterocycles. The molecule has 1 saturated heterocycles. The maximum Gasteiger partial charge on any atom is 0.307 e. The van der Waals surface area contributed by atoms with Gasteiger partial charge in [0.2, 0.25) is 0 Å². The van der Waals surface area contributed by atoms with Crippen LogP contribution in [-0.4, -0.2) is 38.5 Å². The number of carboxylic acid groups (broad SMARTS) is 1. The molecule has 0 saturated carbocycles. The number of hydrogen-bond acceptors (Lipinski definition) is 6. The van der Waals surface area contributed by atoms with E-state index in [2.05, 4.69) is 16.8 Å². The maximum absolute atomic E-state index is 11.2. The minimum absolute atomic E-state index is 0.0446. The Hall–Kier alpha value is -2.32. The molecule has 0 aliphatic carbocycles. The van der Waals surface area contributed by atoms with Gasteiger partial charge in [-0.2, -0.15) is 0 Å². The number of hydrogen-bond donors (Lipinski definition) is 1. The van der Waals surface area contributed by atoms with E-state index in [-0.39, 0.29) is 11.6 Å². The third-order valence-corrected chi connectivity index (χ3v) is 5.52. The van der Waals surface area contributed by atoms with Crippen LogP contribution in [0.15, 0.2) is 29.6 Å². The number of carbonyl (C=O) groups is 1.